The molecule has 0 saturated heterocycles. The van der Waals surface area contributed by atoms with Gasteiger partial charge < -0.3 is 9.13 Å². The molecule has 10 heteroatoms. The van der Waals surface area contributed by atoms with Gasteiger partial charge in [0.25, 0.3) is 17.4 Å². The van der Waals surface area contributed by atoms with Crippen LogP contribution in [0.2, 0.25) is 0 Å². The van der Waals surface area contributed by atoms with Gasteiger partial charge >= 0.3 is 6.18 Å². The zero-order chi connectivity index (χ0) is 20.5. The smallest absolute Gasteiger partial charge is 0.350 e. The van der Waals surface area contributed by atoms with Crippen molar-refractivity contribution in [3.63, 3.8) is 0 Å². The summed E-state index contributed by atoms with van der Waals surface area (Å²) in [5.74, 6) is -1.45. The highest BCUT2D eigenvalue weighted by Crippen LogP contribution is 2.28. The third-order valence-corrected chi connectivity index (χ3v) is 4.08. The number of carbonyl (C=O) groups is 2. The van der Waals surface area contributed by atoms with Gasteiger partial charge in [0.1, 0.15) is 6.54 Å². The molecule has 146 valence electrons. The minimum absolute atomic E-state index is 0.314. The van der Waals surface area contributed by atoms with E-state index in [2.05, 4.69) is 10.9 Å². The average molecular weight is 392 g/mol. The summed E-state index contributed by atoms with van der Waals surface area (Å²) in [6, 6.07) is 8.51. The minimum atomic E-state index is -4.64. The molecule has 0 fully saturated rings. The van der Waals surface area contributed by atoms with Crippen molar-refractivity contribution in [1.29, 1.82) is 0 Å². The van der Waals surface area contributed by atoms with Gasteiger partial charge in [-0.05, 0) is 12.1 Å². The van der Waals surface area contributed by atoms with Gasteiger partial charge in [0.05, 0.1) is 11.1 Å². The van der Waals surface area contributed by atoms with Crippen molar-refractivity contribution in [3.8, 4) is 0 Å². The highest BCUT2D eigenvalue weighted by Gasteiger charge is 2.31. The van der Waals surface area contributed by atoms with E-state index in [-0.39, 0.29) is 0 Å². The van der Waals surface area contributed by atoms with Gasteiger partial charge in [-0.2, -0.15) is 13.2 Å². The van der Waals surface area contributed by atoms with Crippen LogP contribution in [0, 0.1) is 0 Å². The van der Waals surface area contributed by atoms with Crippen molar-refractivity contribution >= 4 is 22.7 Å². The van der Waals surface area contributed by atoms with E-state index < -0.39 is 35.7 Å². The number of hydrogen-bond donors (Lipinski definition) is 2. The molecule has 2 amide bonds. The molecule has 7 nitrogen and oxygen atoms in total. The van der Waals surface area contributed by atoms with Crippen molar-refractivity contribution in [2.24, 2.45) is 7.05 Å². The number of pyridine rings is 1. The van der Waals surface area contributed by atoms with E-state index in [4.69, 9.17) is 0 Å². The zero-order valence-electron chi connectivity index (χ0n) is 14.6. The van der Waals surface area contributed by atoms with E-state index in [0.717, 1.165) is 11.6 Å². The van der Waals surface area contributed by atoms with Crippen LogP contribution < -0.4 is 16.4 Å². The molecule has 0 spiro atoms. The summed E-state index contributed by atoms with van der Waals surface area (Å²) in [6.07, 6.45) is -2.51. The van der Waals surface area contributed by atoms with Crippen molar-refractivity contribution in [2.45, 2.75) is 12.7 Å². The van der Waals surface area contributed by atoms with Crippen LogP contribution in [0.5, 0.6) is 0 Å². The van der Waals surface area contributed by atoms with Crippen LogP contribution in [0.3, 0.4) is 0 Å². The maximum absolute atomic E-state index is 12.7. The van der Waals surface area contributed by atoms with E-state index >= 15 is 0 Å². The Kier molecular flexibility index (Phi) is 4.95. The highest BCUT2D eigenvalue weighted by atomic mass is 19.4. The number of aryl methyl sites for hydroxylation is 1. The number of hydrazine groups is 1. The van der Waals surface area contributed by atoms with Crippen LogP contribution in [0.25, 0.3) is 10.9 Å². The molecule has 28 heavy (non-hydrogen) atoms. The lowest BCUT2D eigenvalue weighted by Gasteiger charge is -2.11. The summed E-state index contributed by atoms with van der Waals surface area (Å²) in [5, 5.41) is 0.672. The van der Waals surface area contributed by atoms with Crippen LogP contribution in [0.4, 0.5) is 13.2 Å². The Morgan fingerprint density at radius 1 is 1.04 bits per heavy atom. The number of benzene rings is 1. The first-order valence-corrected chi connectivity index (χ1v) is 8.08. The Labute approximate surface area is 156 Å². The number of carbonyl (C=O) groups excluding carboxylic acids is 2. The molecular formula is C18H15F3N4O3. The molecule has 0 aliphatic rings. The molecule has 0 atom stereocenters. The first kappa shape index (κ1) is 19.2. The number of para-hydroxylation sites is 1. The summed E-state index contributed by atoms with van der Waals surface area (Å²) >= 11 is 0. The van der Waals surface area contributed by atoms with Crippen molar-refractivity contribution in [1.82, 2.24) is 20.0 Å². The number of nitrogens with zero attached hydrogens (tertiary/aromatic N) is 2. The quantitative estimate of drug-likeness (QED) is 0.667. The first-order chi connectivity index (χ1) is 13.2. The topological polar surface area (TPSA) is 85.1 Å². The molecule has 3 aromatic rings. The van der Waals surface area contributed by atoms with Crippen LogP contribution in [0.1, 0.15) is 15.9 Å². The van der Waals surface area contributed by atoms with Crippen LogP contribution in [0.15, 0.2) is 53.6 Å². The number of rotatable bonds is 3. The number of fused-ring (bicyclic) bond motifs is 1. The maximum Gasteiger partial charge on any atom is 0.417 e. The molecule has 0 radical (unpaired) electrons. The molecule has 2 aromatic heterocycles. The van der Waals surface area contributed by atoms with Gasteiger partial charge in [0.2, 0.25) is 0 Å². The fourth-order valence-electron chi connectivity index (χ4n) is 2.73. The standard InChI is InChI=1S/C18H15F3N4O3/c1-24-9-13(12-4-2-3-5-14(12)24)17(28)23-22-15(26)10-25-8-11(18(19,20)21)6-7-16(25)27/h2-9H,10H2,1H3,(H,22,26)(H,23,28). The second-order valence-electron chi connectivity index (χ2n) is 6.05. The van der Waals surface area contributed by atoms with E-state index in [1.807, 2.05) is 12.1 Å². The van der Waals surface area contributed by atoms with Gasteiger partial charge in [-0.3, -0.25) is 25.2 Å². The summed E-state index contributed by atoms with van der Waals surface area (Å²) in [4.78, 5) is 36.0. The maximum atomic E-state index is 12.7. The van der Waals surface area contributed by atoms with Crippen LogP contribution in [-0.2, 0) is 24.6 Å². The SMILES string of the molecule is Cn1cc(C(=O)NNC(=O)Cn2cc(C(F)(F)F)ccc2=O)c2ccccc21. The summed E-state index contributed by atoms with van der Waals surface area (Å²) in [6.45, 7) is -0.682. The Balaban J connectivity index is 1.69. The number of nitrogens with one attached hydrogen (secondary N) is 2. The van der Waals surface area contributed by atoms with Crippen molar-refractivity contribution in [2.75, 3.05) is 0 Å². The lowest BCUT2D eigenvalue weighted by atomic mass is 10.2. The molecule has 0 saturated carbocycles. The lowest BCUT2D eigenvalue weighted by Crippen LogP contribution is -2.44. The first-order valence-electron chi connectivity index (χ1n) is 8.08. The third-order valence-electron chi connectivity index (χ3n) is 4.08. The molecule has 0 bridgehead atoms. The summed E-state index contributed by atoms with van der Waals surface area (Å²) in [7, 11) is 1.76. The van der Waals surface area contributed by atoms with Gasteiger partial charge in [-0.25, -0.2) is 0 Å². The largest absolute Gasteiger partial charge is 0.417 e. The number of aromatic nitrogens is 2. The van der Waals surface area contributed by atoms with Crippen LogP contribution >= 0.6 is 0 Å². The van der Waals surface area contributed by atoms with E-state index in [0.29, 0.717) is 27.8 Å². The molecule has 1 aromatic carbocycles. The Hall–Kier alpha value is -3.56. The molecule has 0 unspecified atom stereocenters. The second-order valence-corrected chi connectivity index (χ2v) is 6.05. The predicted octanol–water partition coefficient (Wildman–Crippen LogP) is 1.82. The molecular weight excluding hydrogens is 377 g/mol. The monoisotopic (exact) mass is 392 g/mol. The predicted molar refractivity (Wildman–Crippen MR) is 94.2 cm³/mol. The highest BCUT2D eigenvalue weighted by molar-refractivity contribution is 6.07. The zero-order valence-corrected chi connectivity index (χ0v) is 14.6. The van der Waals surface area contributed by atoms with Gasteiger partial charge in [-0.15, -0.1) is 0 Å². The Morgan fingerprint density at radius 2 is 1.75 bits per heavy atom. The van der Waals surface area contributed by atoms with Crippen LogP contribution in [-0.4, -0.2) is 20.9 Å². The van der Waals surface area contributed by atoms with E-state index in [1.54, 1.807) is 29.9 Å². The van der Waals surface area contributed by atoms with Gasteiger partial charge in [0, 0.05) is 36.4 Å². The fourth-order valence-corrected chi connectivity index (χ4v) is 2.73. The van der Waals surface area contributed by atoms with E-state index in [1.165, 1.54) is 0 Å². The van der Waals surface area contributed by atoms with Crippen molar-refractivity contribution in [3.05, 3.63) is 70.3 Å². The number of halogens is 3. The van der Waals surface area contributed by atoms with E-state index in [9.17, 15) is 27.6 Å². The summed E-state index contributed by atoms with van der Waals surface area (Å²) in [5.41, 5.74) is 3.60. The average Bonchev–Trinajstić information content (AvgIpc) is 2.98. The number of hydrogen-bond acceptors (Lipinski definition) is 3. The fraction of sp³-hybridized carbons (Fsp3) is 0.167. The summed E-state index contributed by atoms with van der Waals surface area (Å²) < 4.78 is 40.6. The van der Waals surface area contributed by atoms with Gasteiger partial charge in [-0.1, -0.05) is 18.2 Å². The molecule has 0 aliphatic carbocycles. The molecule has 0 aliphatic heterocycles. The Morgan fingerprint density at radius 3 is 2.46 bits per heavy atom. The molecule has 2 heterocycles. The molecule has 3 rings (SSSR count). The minimum Gasteiger partial charge on any atom is -0.350 e. The number of amides is 2. The second kappa shape index (κ2) is 7.22. The number of alkyl halides is 3. The van der Waals surface area contributed by atoms with Crippen molar-refractivity contribution < 1.29 is 22.8 Å². The lowest BCUT2D eigenvalue weighted by molar-refractivity contribution is -0.138. The molecule has 2 N–H and O–H groups in total. The third kappa shape index (κ3) is 3.90. The normalized spacial score (nSPS) is 11.4. The van der Waals surface area contributed by atoms with Gasteiger partial charge in [0.15, 0.2) is 0 Å². The Bertz CT molecular complexity index is 1120.